The Hall–Kier alpha value is -1.96. The summed E-state index contributed by atoms with van der Waals surface area (Å²) in [7, 11) is 0. The molecule has 0 aliphatic carbocycles. The highest BCUT2D eigenvalue weighted by Gasteiger charge is 2.36. The zero-order chi connectivity index (χ0) is 21.2. The van der Waals surface area contributed by atoms with Gasteiger partial charge in [-0.05, 0) is 44.4 Å². The monoisotopic (exact) mass is 408 g/mol. The lowest BCUT2D eigenvalue weighted by Gasteiger charge is -2.31. The summed E-state index contributed by atoms with van der Waals surface area (Å²) in [5.41, 5.74) is -2.63. The van der Waals surface area contributed by atoms with Crippen molar-refractivity contribution < 1.29 is 27.5 Å². The molecule has 0 saturated heterocycles. The Kier molecular flexibility index (Phi) is 6.80. The van der Waals surface area contributed by atoms with Crippen molar-refractivity contribution >= 4 is 29.3 Å². The molecule has 0 aromatic heterocycles. The molecule has 0 heterocycles. The Morgan fingerprint density at radius 1 is 1.07 bits per heavy atom. The Labute approximate surface area is 161 Å². The molecule has 0 fully saturated rings. The number of nitrogens with one attached hydrogen (secondary N) is 2. The summed E-state index contributed by atoms with van der Waals surface area (Å²) in [6.07, 6.45) is -5.46. The van der Waals surface area contributed by atoms with Gasteiger partial charge in [-0.15, -0.1) is 0 Å². The third-order valence-corrected chi connectivity index (χ3v) is 3.66. The van der Waals surface area contributed by atoms with E-state index < -0.39 is 45.8 Å². The summed E-state index contributed by atoms with van der Waals surface area (Å²) in [6.45, 7) is 10.1. The number of alkyl halides is 3. The standard InChI is InChI=1S/C18H24ClF3N2O3/c1-16(2,3)13(24-15(26)27-17(4,5)6)14(25)23-10-7-8-12(19)11(9-10)18(20,21)22/h7-9,13H,1-6H3,(H,23,25)(H,24,26). The van der Waals surface area contributed by atoms with Gasteiger partial charge in [0.1, 0.15) is 11.6 Å². The van der Waals surface area contributed by atoms with E-state index in [2.05, 4.69) is 10.6 Å². The number of hydrogen-bond acceptors (Lipinski definition) is 3. The predicted molar refractivity (Wildman–Crippen MR) is 97.7 cm³/mol. The minimum atomic E-state index is -4.66. The molecule has 2 N–H and O–H groups in total. The lowest BCUT2D eigenvalue weighted by Crippen LogP contribution is -2.52. The van der Waals surface area contributed by atoms with Crippen molar-refractivity contribution in [3.05, 3.63) is 28.8 Å². The number of amides is 2. The smallest absolute Gasteiger partial charge is 0.417 e. The average Bonchev–Trinajstić information content (AvgIpc) is 2.42. The first-order valence-corrected chi connectivity index (χ1v) is 8.55. The highest BCUT2D eigenvalue weighted by molar-refractivity contribution is 6.31. The van der Waals surface area contributed by atoms with Crippen LogP contribution in [0.4, 0.5) is 23.7 Å². The molecular formula is C18H24ClF3N2O3. The molecule has 1 rings (SSSR count). The van der Waals surface area contributed by atoms with E-state index in [0.29, 0.717) is 0 Å². The molecule has 27 heavy (non-hydrogen) atoms. The van der Waals surface area contributed by atoms with Gasteiger partial charge in [0, 0.05) is 5.69 Å². The third-order valence-electron chi connectivity index (χ3n) is 3.33. The Balaban J connectivity index is 3.03. The first-order chi connectivity index (χ1) is 12.0. The fourth-order valence-electron chi connectivity index (χ4n) is 2.14. The van der Waals surface area contributed by atoms with E-state index in [9.17, 15) is 22.8 Å². The van der Waals surface area contributed by atoms with Crippen LogP contribution in [-0.4, -0.2) is 23.6 Å². The number of rotatable bonds is 3. The van der Waals surface area contributed by atoms with Gasteiger partial charge in [-0.1, -0.05) is 32.4 Å². The third kappa shape index (κ3) is 7.28. The second kappa shape index (κ2) is 7.96. The highest BCUT2D eigenvalue weighted by Crippen LogP contribution is 2.36. The number of hydrogen-bond donors (Lipinski definition) is 2. The number of ether oxygens (including phenoxy) is 1. The predicted octanol–water partition coefficient (Wildman–Crippen LogP) is 5.24. The zero-order valence-electron chi connectivity index (χ0n) is 16.0. The van der Waals surface area contributed by atoms with Gasteiger partial charge in [0.05, 0.1) is 10.6 Å². The zero-order valence-corrected chi connectivity index (χ0v) is 16.8. The SMILES string of the molecule is CC(C)(C)OC(=O)NC(C(=O)Nc1ccc(Cl)c(C(F)(F)F)c1)C(C)(C)C. The second-order valence-corrected chi connectivity index (χ2v) is 8.53. The van der Waals surface area contributed by atoms with Crippen LogP contribution < -0.4 is 10.6 Å². The van der Waals surface area contributed by atoms with Crippen molar-refractivity contribution in [3.63, 3.8) is 0 Å². The molecule has 0 radical (unpaired) electrons. The second-order valence-electron chi connectivity index (χ2n) is 8.13. The van der Waals surface area contributed by atoms with Crippen molar-refractivity contribution in [2.45, 2.75) is 59.4 Å². The first-order valence-electron chi connectivity index (χ1n) is 8.18. The van der Waals surface area contributed by atoms with Crippen LogP contribution in [0.15, 0.2) is 18.2 Å². The number of halogens is 4. The van der Waals surface area contributed by atoms with Crippen LogP contribution in [0.5, 0.6) is 0 Å². The number of benzene rings is 1. The molecule has 1 unspecified atom stereocenters. The molecule has 0 aliphatic rings. The van der Waals surface area contributed by atoms with Crippen LogP contribution in [0.25, 0.3) is 0 Å². The molecule has 1 atom stereocenters. The van der Waals surface area contributed by atoms with E-state index in [0.717, 1.165) is 12.1 Å². The molecule has 0 bridgehead atoms. The van der Waals surface area contributed by atoms with Crippen LogP contribution >= 0.6 is 11.6 Å². The maximum Gasteiger partial charge on any atom is 0.417 e. The van der Waals surface area contributed by atoms with Gasteiger partial charge in [0.25, 0.3) is 0 Å². The summed E-state index contributed by atoms with van der Waals surface area (Å²) in [5, 5.41) is 4.38. The van der Waals surface area contributed by atoms with Gasteiger partial charge >= 0.3 is 12.3 Å². The Morgan fingerprint density at radius 2 is 1.63 bits per heavy atom. The molecule has 9 heteroatoms. The van der Waals surface area contributed by atoms with Crippen LogP contribution in [-0.2, 0) is 15.7 Å². The maximum atomic E-state index is 13.0. The van der Waals surface area contributed by atoms with Gasteiger partial charge in [-0.25, -0.2) is 4.79 Å². The first kappa shape index (κ1) is 23.1. The molecule has 1 aromatic rings. The molecule has 5 nitrogen and oxygen atoms in total. The number of carbonyl (C=O) groups excluding carboxylic acids is 2. The summed E-state index contributed by atoms with van der Waals surface area (Å²) in [4.78, 5) is 24.6. The van der Waals surface area contributed by atoms with Crippen LogP contribution in [0.2, 0.25) is 5.02 Å². The van der Waals surface area contributed by atoms with Crippen LogP contribution in [0.3, 0.4) is 0 Å². The fourth-order valence-corrected chi connectivity index (χ4v) is 2.36. The van der Waals surface area contributed by atoms with E-state index in [1.54, 1.807) is 41.5 Å². The van der Waals surface area contributed by atoms with E-state index in [-0.39, 0.29) is 5.69 Å². The molecule has 0 aliphatic heterocycles. The number of alkyl carbamates (subject to hydrolysis) is 1. The topological polar surface area (TPSA) is 67.4 Å². The van der Waals surface area contributed by atoms with Gasteiger partial charge in [-0.2, -0.15) is 13.2 Å². The van der Waals surface area contributed by atoms with E-state index in [1.807, 2.05) is 0 Å². The molecule has 2 amide bonds. The molecule has 0 saturated carbocycles. The summed E-state index contributed by atoms with van der Waals surface area (Å²) < 4.78 is 44.1. The van der Waals surface area contributed by atoms with E-state index in [1.165, 1.54) is 6.07 Å². The van der Waals surface area contributed by atoms with Gasteiger partial charge in [-0.3, -0.25) is 4.79 Å². The normalized spacial score (nSPS) is 13.7. The van der Waals surface area contributed by atoms with Crippen molar-refractivity contribution in [1.82, 2.24) is 5.32 Å². The van der Waals surface area contributed by atoms with E-state index in [4.69, 9.17) is 16.3 Å². The summed E-state index contributed by atoms with van der Waals surface area (Å²) in [6, 6.07) is 2.00. The minimum Gasteiger partial charge on any atom is -0.444 e. The van der Waals surface area contributed by atoms with Crippen LogP contribution in [0, 0.1) is 5.41 Å². The van der Waals surface area contributed by atoms with Gasteiger partial charge in [0.15, 0.2) is 0 Å². The quantitative estimate of drug-likeness (QED) is 0.719. The fraction of sp³-hybridized carbons (Fsp3) is 0.556. The lowest BCUT2D eigenvalue weighted by molar-refractivity contribution is -0.137. The molecule has 152 valence electrons. The molecule has 0 spiro atoms. The summed E-state index contributed by atoms with van der Waals surface area (Å²) in [5.74, 6) is -0.677. The van der Waals surface area contributed by atoms with Crippen molar-refractivity contribution in [3.8, 4) is 0 Å². The largest absolute Gasteiger partial charge is 0.444 e. The maximum absolute atomic E-state index is 13.0. The molecular weight excluding hydrogens is 385 g/mol. The van der Waals surface area contributed by atoms with Gasteiger partial charge in [0.2, 0.25) is 5.91 Å². The van der Waals surface area contributed by atoms with Crippen molar-refractivity contribution in [2.75, 3.05) is 5.32 Å². The molecule has 1 aromatic carbocycles. The summed E-state index contributed by atoms with van der Waals surface area (Å²) >= 11 is 5.58. The highest BCUT2D eigenvalue weighted by atomic mass is 35.5. The number of carbonyl (C=O) groups is 2. The van der Waals surface area contributed by atoms with Gasteiger partial charge < -0.3 is 15.4 Å². The Morgan fingerprint density at radius 3 is 2.07 bits per heavy atom. The van der Waals surface area contributed by atoms with Crippen LogP contribution in [0.1, 0.15) is 47.1 Å². The van der Waals surface area contributed by atoms with Crippen molar-refractivity contribution in [2.24, 2.45) is 5.41 Å². The lowest BCUT2D eigenvalue weighted by atomic mass is 9.86. The minimum absolute atomic E-state index is 0.0861. The number of anilines is 1. The average molecular weight is 409 g/mol. The Bertz CT molecular complexity index is 707. The van der Waals surface area contributed by atoms with E-state index >= 15 is 0 Å². The van der Waals surface area contributed by atoms with Crippen molar-refractivity contribution in [1.29, 1.82) is 0 Å².